The van der Waals surface area contributed by atoms with E-state index in [4.69, 9.17) is 9.84 Å². The van der Waals surface area contributed by atoms with Crippen LogP contribution in [0.25, 0.3) is 0 Å². The topological polar surface area (TPSA) is 33.6 Å². The summed E-state index contributed by atoms with van der Waals surface area (Å²) in [5, 5.41) is 4.69. The van der Waals surface area contributed by atoms with Gasteiger partial charge in [-0.1, -0.05) is 72.8 Å². The molecule has 3 heteroatoms. The molecule has 0 spiro atoms. The number of aryl methyl sites for hydroxylation is 1. The summed E-state index contributed by atoms with van der Waals surface area (Å²) in [6, 6.07) is 26.2. The van der Waals surface area contributed by atoms with E-state index in [-0.39, 0.29) is 0 Å². The van der Waals surface area contributed by atoms with Crippen molar-refractivity contribution in [3.05, 3.63) is 95.6 Å². The summed E-state index contributed by atoms with van der Waals surface area (Å²) in [5.41, 5.74) is 8.16. The van der Waals surface area contributed by atoms with Crippen molar-refractivity contribution in [3.63, 3.8) is 0 Å². The van der Waals surface area contributed by atoms with Crippen LogP contribution in [0.5, 0.6) is 5.75 Å². The predicted octanol–water partition coefficient (Wildman–Crippen LogP) is 4.87. The highest BCUT2D eigenvalue weighted by atomic mass is 16.5. The fourth-order valence-corrected chi connectivity index (χ4v) is 2.55. The summed E-state index contributed by atoms with van der Waals surface area (Å²) in [6.07, 6.45) is 0. The molecular weight excluding hydrogens is 296 g/mol. The minimum atomic E-state index is 0.777. The van der Waals surface area contributed by atoms with Gasteiger partial charge in [0.25, 0.3) is 0 Å². The molecule has 0 saturated heterocycles. The molecule has 0 amide bonds. The fourth-order valence-electron chi connectivity index (χ4n) is 2.55. The van der Waals surface area contributed by atoms with Crippen LogP contribution in [0.15, 0.2) is 84.0 Å². The smallest absolute Gasteiger partial charge is 0.144 e. The number of hydrogen-bond acceptors (Lipinski definition) is 3. The van der Waals surface area contributed by atoms with E-state index in [1.54, 1.807) is 7.11 Å². The van der Waals surface area contributed by atoms with Gasteiger partial charge in [0.1, 0.15) is 11.4 Å². The maximum atomic E-state index is 5.44. The molecule has 3 nitrogen and oxygen atoms in total. The third-order valence-electron chi connectivity index (χ3n) is 3.83. The van der Waals surface area contributed by atoms with E-state index in [9.17, 15) is 0 Å². The van der Waals surface area contributed by atoms with Gasteiger partial charge < -0.3 is 4.74 Å². The van der Waals surface area contributed by atoms with Crippen LogP contribution < -0.4 is 10.2 Å². The highest BCUT2D eigenvalue weighted by molar-refractivity contribution is 6.13. The Morgan fingerprint density at radius 1 is 0.792 bits per heavy atom. The second-order valence-electron chi connectivity index (χ2n) is 5.46. The maximum absolute atomic E-state index is 5.44. The van der Waals surface area contributed by atoms with Crippen LogP contribution in [0, 0.1) is 6.92 Å². The number of para-hydroxylation sites is 1. The lowest BCUT2D eigenvalue weighted by Crippen LogP contribution is -2.07. The molecule has 120 valence electrons. The zero-order chi connectivity index (χ0) is 16.8. The lowest BCUT2D eigenvalue weighted by molar-refractivity contribution is 0.416. The molecule has 1 N–H and O–H groups in total. The van der Waals surface area contributed by atoms with Crippen molar-refractivity contribution in [1.29, 1.82) is 0 Å². The molecular formula is C21H20N2O. The molecule has 0 atom stereocenters. The van der Waals surface area contributed by atoms with Crippen LogP contribution in [0.2, 0.25) is 0 Å². The first-order valence-electron chi connectivity index (χ1n) is 7.87. The SMILES string of the molecule is COc1cccc(C)c1NN=C(c1ccccc1)c1ccccc1. The average molecular weight is 316 g/mol. The van der Waals surface area contributed by atoms with Gasteiger partial charge in [0, 0.05) is 11.1 Å². The van der Waals surface area contributed by atoms with Gasteiger partial charge in [-0.3, -0.25) is 5.43 Å². The largest absolute Gasteiger partial charge is 0.495 e. The highest BCUT2D eigenvalue weighted by Gasteiger charge is 2.09. The molecule has 24 heavy (non-hydrogen) atoms. The van der Waals surface area contributed by atoms with E-state index < -0.39 is 0 Å². The van der Waals surface area contributed by atoms with Crippen molar-refractivity contribution in [1.82, 2.24) is 0 Å². The molecule has 0 fully saturated rings. The number of rotatable bonds is 5. The molecule has 3 rings (SSSR count). The lowest BCUT2D eigenvalue weighted by atomic mass is 10.0. The van der Waals surface area contributed by atoms with Crippen LogP contribution in [0.1, 0.15) is 16.7 Å². The van der Waals surface area contributed by atoms with E-state index in [0.29, 0.717) is 0 Å². The second-order valence-corrected chi connectivity index (χ2v) is 5.46. The number of nitrogens with zero attached hydrogens (tertiary/aromatic N) is 1. The number of hydrogen-bond donors (Lipinski definition) is 1. The number of methoxy groups -OCH3 is 1. The van der Waals surface area contributed by atoms with Crippen molar-refractivity contribution < 1.29 is 4.74 Å². The minimum Gasteiger partial charge on any atom is -0.495 e. The van der Waals surface area contributed by atoms with Gasteiger partial charge in [0.05, 0.1) is 12.8 Å². The first-order valence-corrected chi connectivity index (χ1v) is 7.87. The Hall–Kier alpha value is -3.07. The third kappa shape index (κ3) is 3.46. The molecule has 0 aliphatic heterocycles. The van der Waals surface area contributed by atoms with Crippen LogP contribution in [-0.2, 0) is 0 Å². The Kier molecular flexibility index (Phi) is 4.92. The molecule has 0 aliphatic carbocycles. The summed E-state index contributed by atoms with van der Waals surface area (Å²) >= 11 is 0. The number of hydrazone groups is 1. The number of ether oxygens (including phenoxy) is 1. The molecule has 3 aromatic carbocycles. The summed E-state index contributed by atoms with van der Waals surface area (Å²) in [7, 11) is 1.67. The summed E-state index contributed by atoms with van der Waals surface area (Å²) in [6.45, 7) is 2.03. The normalized spacial score (nSPS) is 10.1. The molecule has 0 saturated carbocycles. The van der Waals surface area contributed by atoms with Crippen LogP contribution in [-0.4, -0.2) is 12.8 Å². The molecule has 0 heterocycles. The maximum Gasteiger partial charge on any atom is 0.144 e. The van der Waals surface area contributed by atoms with Crippen LogP contribution in [0.3, 0.4) is 0 Å². The third-order valence-corrected chi connectivity index (χ3v) is 3.83. The van der Waals surface area contributed by atoms with Crippen LogP contribution >= 0.6 is 0 Å². The van der Waals surface area contributed by atoms with E-state index in [1.807, 2.05) is 61.5 Å². The molecule has 0 aliphatic rings. The van der Waals surface area contributed by atoms with Gasteiger partial charge in [0.2, 0.25) is 0 Å². The minimum absolute atomic E-state index is 0.777. The van der Waals surface area contributed by atoms with E-state index >= 15 is 0 Å². The van der Waals surface area contributed by atoms with Crippen molar-refractivity contribution in [2.45, 2.75) is 6.92 Å². The van der Waals surface area contributed by atoms with Crippen molar-refractivity contribution in [3.8, 4) is 5.75 Å². The number of nitrogens with one attached hydrogen (secondary N) is 1. The average Bonchev–Trinajstić information content (AvgIpc) is 2.64. The predicted molar refractivity (Wildman–Crippen MR) is 99.9 cm³/mol. The van der Waals surface area contributed by atoms with Gasteiger partial charge in [-0.2, -0.15) is 5.10 Å². The first-order chi connectivity index (χ1) is 11.8. The Bertz CT molecular complexity index is 785. The Morgan fingerprint density at radius 3 is 1.92 bits per heavy atom. The molecule has 0 bridgehead atoms. The molecule has 3 aromatic rings. The van der Waals surface area contributed by atoms with Gasteiger partial charge in [-0.05, 0) is 18.6 Å². The van der Waals surface area contributed by atoms with Gasteiger partial charge in [-0.25, -0.2) is 0 Å². The Labute approximate surface area is 142 Å². The Morgan fingerprint density at radius 2 is 1.38 bits per heavy atom. The van der Waals surface area contributed by atoms with Crippen LogP contribution in [0.4, 0.5) is 5.69 Å². The lowest BCUT2D eigenvalue weighted by Gasteiger charge is -2.13. The monoisotopic (exact) mass is 316 g/mol. The zero-order valence-electron chi connectivity index (χ0n) is 13.9. The van der Waals surface area contributed by atoms with Crippen molar-refractivity contribution in [2.24, 2.45) is 5.10 Å². The van der Waals surface area contributed by atoms with Crippen molar-refractivity contribution >= 4 is 11.4 Å². The van der Waals surface area contributed by atoms with E-state index in [2.05, 4.69) is 29.7 Å². The quantitative estimate of drug-likeness (QED) is 0.538. The molecule has 0 aromatic heterocycles. The van der Waals surface area contributed by atoms with Gasteiger partial charge >= 0.3 is 0 Å². The first kappa shape index (κ1) is 15.8. The number of anilines is 1. The standard InChI is InChI=1S/C21H20N2O/c1-16-10-9-15-19(24-2)20(16)22-23-21(17-11-5-3-6-12-17)18-13-7-4-8-14-18/h3-15,22H,1-2H3. The highest BCUT2D eigenvalue weighted by Crippen LogP contribution is 2.28. The van der Waals surface area contributed by atoms with E-state index in [0.717, 1.165) is 33.8 Å². The van der Waals surface area contributed by atoms with Gasteiger partial charge in [-0.15, -0.1) is 0 Å². The zero-order valence-corrected chi connectivity index (χ0v) is 13.9. The van der Waals surface area contributed by atoms with E-state index in [1.165, 1.54) is 0 Å². The van der Waals surface area contributed by atoms with Crippen molar-refractivity contribution in [2.75, 3.05) is 12.5 Å². The fraction of sp³-hybridized carbons (Fsp3) is 0.0952. The molecule has 0 radical (unpaired) electrons. The summed E-state index contributed by atoms with van der Waals surface area (Å²) < 4.78 is 5.44. The second kappa shape index (κ2) is 7.47. The summed E-state index contributed by atoms with van der Waals surface area (Å²) in [4.78, 5) is 0. The summed E-state index contributed by atoms with van der Waals surface area (Å²) in [5.74, 6) is 0.777. The van der Waals surface area contributed by atoms with Gasteiger partial charge in [0.15, 0.2) is 0 Å². The number of benzene rings is 3. The Balaban J connectivity index is 2.03. The molecule has 0 unspecified atom stereocenters.